The molecule has 1 fully saturated rings. The van der Waals surface area contributed by atoms with Crippen molar-refractivity contribution in [3.63, 3.8) is 0 Å². The van der Waals surface area contributed by atoms with Gasteiger partial charge in [-0.2, -0.15) is 0 Å². The van der Waals surface area contributed by atoms with Gasteiger partial charge in [0.2, 0.25) is 0 Å². The summed E-state index contributed by atoms with van der Waals surface area (Å²) in [7, 11) is 1.46. The van der Waals surface area contributed by atoms with Crippen LogP contribution in [0.15, 0.2) is 29.5 Å². The molecule has 1 aliphatic heterocycles. The Morgan fingerprint density at radius 1 is 1.25 bits per heavy atom. The number of carbonyl (C=O) groups is 2. The maximum Gasteiger partial charge on any atom is 0.338 e. The van der Waals surface area contributed by atoms with Crippen molar-refractivity contribution in [3.05, 3.63) is 35.0 Å². The average molecular weight is 388 g/mol. The Morgan fingerprint density at radius 3 is 2.64 bits per heavy atom. The van der Waals surface area contributed by atoms with Gasteiger partial charge in [0.1, 0.15) is 0 Å². The van der Waals surface area contributed by atoms with Crippen LogP contribution >= 0.6 is 0 Å². The molecular weight excluding hydrogens is 360 g/mol. The standard InChI is InChI=1S/C21H28N2O5/c1-3-15-18(20(25)28-12-13-7-5-4-6-8-13)19(23-21(26)22-15)14-9-10-17(27-2)16(24)11-14/h9-11,13,19,24H,3-8,12H2,1-2H3,(H2,22,23,26). The molecule has 0 saturated heterocycles. The summed E-state index contributed by atoms with van der Waals surface area (Å²) in [6, 6.07) is 3.74. The van der Waals surface area contributed by atoms with Crippen molar-refractivity contribution in [1.82, 2.24) is 10.6 Å². The summed E-state index contributed by atoms with van der Waals surface area (Å²) in [5.41, 5.74) is 1.50. The van der Waals surface area contributed by atoms with E-state index in [1.165, 1.54) is 32.4 Å². The largest absolute Gasteiger partial charge is 0.504 e. The predicted octanol–water partition coefficient (Wildman–Crippen LogP) is 3.54. The zero-order chi connectivity index (χ0) is 20.1. The minimum atomic E-state index is -0.695. The second-order valence-electron chi connectivity index (χ2n) is 7.31. The number of allylic oxidation sites excluding steroid dienone is 1. The maximum atomic E-state index is 12.9. The highest BCUT2D eigenvalue weighted by Crippen LogP contribution is 2.34. The third-order valence-electron chi connectivity index (χ3n) is 5.44. The van der Waals surface area contributed by atoms with Crippen LogP contribution in [0.1, 0.15) is 57.1 Å². The molecule has 7 nitrogen and oxygen atoms in total. The summed E-state index contributed by atoms with van der Waals surface area (Å²) in [4.78, 5) is 25.1. The number of benzene rings is 1. The molecule has 1 unspecified atom stereocenters. The first kappa shape index (κ1) is 20.0. The predicted molar refractivity (Wildman–Crippen MR) is 104 cm³/mol. The lowest BCUT2D eigenvalue weighted by atomic mass is 9.90. The van der Waals surface area contributed by atoms with Crippen molar-refractivity contribution in [3.8, 4) is 11.5 Å². The molecule has 3 N–H and O–H groups in total. The van der Waals surface area contributed by atoms with Crippen LogP contribution in [0.4, 0.5) is 4.79 Å². The number of ether oxygens (including phenoxy) is 2. The molecule has 7 heteroatoms. The van der Waals surface area contributed by atoms with Crippen molar-refractivity contribution < 1.29 is 24.2 Å². The number of amides is 2. The average Bonchev–Trinajstić information content (AvgIpc) is 2.72. The Morgan fingerprint density at radius 2 is 2.00 bits per heavy atom. The number of esters is 1. The SMILES string of the molecule is CCC1=C(C(=O)OCC2CCCCC2)C(c2ccc(OC)c(O)c2)NC(=O)N1. The van der Waals surface area contributed by atoms with Gasteiger partial charge in [-0.05, 0) is 42.9 Å². The van der Waals surface area contributed by atoms with E-state index in [1.54, 1.807) is 12.1 Å². The van der Waals surface area contributed by atoms with Crippen LogP contribution in [0.5, 0.6) is 11.5 Å². The molecule has 2 amide bonds. The van der Waals surface area contributed by atoms with Gasteiger partial charge in [-0.1, -0.05) is 32.3 Å². The summed E-state index contributed by atoms with van der Waals surface area (Å²) in [5, 5.41) is 15.6. The van der Waals surface area contributed by atoms with Gasteiger partial charge in [-0.15, -0.1) is 0 Å². The topological polar surface area (TPSA) is 96.9 Å². The third kappa shape index (κ3) is 4.40. The molecule has 152 valence electrons. The molecule has 1 atom stereocenters. The van der Waals surface area contributed by atoms with E-state index in [-0.39, 0.29) is 11.8 Å². The molecule has 28 heavy (non-hydrogen) atoms. The summed E-state index contributed by atoms with van der Waals surface area (Å²) >= 11 is 0. The van der Waals surface area contributed by atoms with Gasteiger partial charge in [-0.25, -0.2) is 9.59 Å². The number of aromatic hydroxyl groups is 1. The fraction of sp³-hybridized carbons (Fsp3) is 0.524. The Balaban J connectivity index is 1.85. The van der Waals surface area contributed by atoms with Gasteiger partial charge < -0.3 is 25.2 Å². The van der Waals surface area contributed by atoms with Crippen LogP contribution < -0.4 is 15.4 Å². The van der Waals surface area contributed by atoms with Crippen LogP contribution in [0.3, 0.4) is 0 Å². The number of nitrogens with one attached hydrogen (secondary N) is 2. The van der Waals surface area contributed by atoms with E-state index >= 15 is 0 Å². The van der Waals surface area contributed by atoms with Gasteiger partial charge in [-0.3, -0.25) is 0 Å². The molecule has 0 bridgehead atoms. The Hall–Kier alpha value is -2.70. The number of urea groups is 1. The Bertz CT molecular complexity index is 768. The van der Waals surface area contributed by atoms with Gasteiger partial charge in [0.05, 0.1) is 25.3 Å². The van der Waals surface area contributed by atoms with E-state index in [2.05, 4.69) is 10.6 Å². The molecule has 1 saturated carbocycles. The molecular formula is C21H28N2O5. The number of phenols is 1. The highest BCUT2D eigenvalue weighted by atomic mass is 16.5. The van der Waals surface area contributed by atoms with Gasteiger partial charge in [0.15, 0.2) is 11.5 Å². The zero-order valence-electron chi connectivity index (χ0n) is 16.4. The number of hydrogen-bond donors (Lipinski definition) is 3. The molecule has 1 aliphatic carbocycles. The van der Waals surface area contributed by atoms with Crippen molar-refractivity contribution in [2.75, 3.05) is 13.7 Å². The second kappa shape index (κ2) is 8.99. The minimum absolute atomic E-state index is 0.0549. The van der Waals surface area contributed by atoms with E-state index in [1.807, 2.05) is 6.92 Å². The molecule has 1 heterocycles. The van der Waals surface area contributed by atoms with Crippen LogP contribution in [0.25, 0.3) is 0 Å². The van der Waals surface area contributed by atoms with E-state index in [0.29, 0.717) is 41.5 Å². The number of rotatable bonds is 6. The molecule has 1 aromatic rings. The first-order valence-electron chi connectivity index (χ1n) is 9.88. The first-order valence-corrected chi connectivity index (χ1v) is 9.88. The molecule has 0 radical (unpaired) electrons. The van der Waals surface area contributed by atoms with Crippen LogP contribution in [-0.2, 0) is 9.53 Å². The van der Waals surface area contributed by atoms with Crippen LogP contribution in [0.2, 0.25) is 0 Å². The summed E-state index contributed by atoms with van der Waals surface area (Å²) < 4.78 is 10.7. The van der Waals surface area contributed by atoms with Crippen molar-refractivity contribution in [2.24, 2.45) is 5.92 Å². The summed E-state index contributed by atoms with van der Waals surface area (Å²) in [6.45, 7) is 2.27. The minimum Gasteiger partial charge on any atom is -0.504 e. The van der Waals surface area contributed by atoms with Gasteiger partial charge in [0.25, 0.3) is 0 Å². The lowest BCUT2D eigenvalue weighted by Crippen LogP contribution is -2.46. The lowest BCUT2D eigenvalue weighted by Gasteiger charge is -2.30. The smallest absolute Gasteiger partial charge is 0.338 e. The highest BCUT2D eigenvalue weighted by Gasteiger charge is 2.34. The quantitative estimate of drug-likeness (QED) is 0.648. The molecule has 1 aromatic carbocycles. The van der Waals surface area contributed by atoms with Crippen molar-refractivity contribution >= 4 is 12.0 Å². The summed E-state index contributed by atoms with van der Waals surface area (Å²) in [6.07, 6.45) is 6.25. The third-order valence-corrected chi connectivity index (χ3v) is 5.44. The lowest BCUT2D eigenvalue weighted by molar-refractivity contribution is -0.141. The first-order chi connectivity index (χ1) is 13.5. The van der Waals surface area contributed by atoms with Crippen molar-refractivity contribution in [1.29, 1.82) is 0 Å². The zero-order valence-corrected chi connectivity index (χ0v) is 16.4. The Kier molecular flexibility index (Phi) is 6.44. The summed E-state index contributed by atoms with van der Waals surface area (Å²) in [5.74, 6) is 0.235. The monoisotopic (exact) mass is 388 g/mol. The normalized spacial score (nSPS) is 20.4. The van der Waals surface area contributed by atoms with Crippen LogP contribution in [-0.4, -0.2) is 30.8 Å². The second-order valence-corrected chi connectivity index (χ2v) is 7.31. The fourth-order valence-corrected chi connectivity index (χ4v) is 3.90. The molecule has 3 rings (SSSR count). The van der Waals surface area contributed by atoms with Crippen LogP contribution in [0, 0.1) is 5.92 Å². The van der Waals surface area contributed by atoms with E-state index in [0.717, 1.165) is 12.8 Å². The number of phenolic OH excluding ortho intramolecular Hbond substituents is 1. The van der Waals surface area contributed by atoms with E-state index in [9.17, 15) is 14.7 Å². The fourth-order valence-electron chi connectivity index (χ4n) is 3.90. The molecule has 2 aliphatic rings. The van der Waals surface area contributed by atoms with E-state index in [4.69, 9.17) is 9.47 Å². The molecule has 0 aromatic heterocycles. The van der Waals surface area contributed by atoms with Gasteiger partial charge in [0, 0.05) is 5.70 Å². The number of methoxy groups -OCH3 is 1. The maximum absolute atomic E-state index is 12.9. The Labute approximate surface area is 165 Å². The van der Waals surface area contributed by atoms with Gasteiger partial charge >= 0.3 is 12.0 Å². The number of hydrogen-bond acceptors (Lipinski definition) is 5. The number of carbonyl (C=O) groups excluding carboxylic acids is 2. The van der Waals surface area contributed by atoms with Crippen molar-refractivity contribution in [2.45, 2.75) is 51.5 Å². The highest BCUT2D eigenvalue weighted by molar-refractivity contribution is 5.95. The van der Waals surface area contributed by atoms with E-state index < -0.39 is 12.0 Å². The molecule has 0 spiro atoms.